The number of nitrogens with zero attached hydrogens (tertiary/aromatic N) is 3. The Hall–Kier alpha value is -2.60. The lowest BCUT2D eigenvalue weighted by atomic mass is 10.00. The standard InChI is InChI=1S/C15H11N3/c1-11-9-13(12-5-3-2-4-6-12)14(10-16)15-7-8-17-18(11)15/h2-9H,1H3. The highest BCUT2D eigenvalue weighted by molar-refractivity contribution is 5.79. The molecule has 18 heavy (non-hydrogen) atoms. The number of hydrogen-bond acceptors (Lipinski definition) is 2. The quantitative estimate of drug-likeness (QED) is 0.647. The summed E-state index contributed by atoms with van der Waals surface area (Å²) in [6, 6.07) is 16.1. The van der Waals surface area contributed by atoms with Crippen LogP contribution in [0.15, 0.2) is 48.7 Å². The van der Waals surface area contributed by atoms with E-state index in [2.05, 4.69) is 11.2 Å². The van der Waals surface area contributed by atoms with Crippen LogP contribution in [0.1, 0.15) is 11.3 Å². The average Bonchev–Trinajstić information content (AvgIpc) is 2.89. The molecule has 0 atom stereocenters. The summed E-state index contributed by atoms with van der Waals surface area (Å²) in [5.74, 6) is 0. The highest BCUT2D eigenvalue weighted by Crippen LogP contribution is 2.27. The van der Waals surface area contributed by atoms with E-state index in [0.717, 1.165) is 22.3 Å². The Kier molecular flexibility index (Phi) is 2.35. The van der Waals surface area contributed by atoms with Crippen molar-refractivity contribution in [1.82, 2.24) is 9.61 Å². The largest absolute Gasteiger partial charge is 0.237 e. The molecule has 0 aliphatic rings. The molecule has 0 saturated carbocycles. The van der Waals surface area contributed by atoms with Gasteiger partial charge in [-0.2, -0.15) is 10.4 Å². The van der Waals surface area contributed by atoms with Gasteiger partial charge >= 0.3 is 0 Å². The van der Waals surface area contributed by atoms with Gasteiger partial charge in [0.15, 0.2) is 0 Å². The van der Waals surface area contributed by atoms with Crippen molar-refractivity contribution in [3.63, 3.8) is 0 Å². The zero-order valence-electron chi connectivity index (χ0n) is 9.96. The summed E-state index contributed by atoms with van der Waals surface area (Å²) in [4.78, 5) is 0. The summed E-state index contributed by atoms with van der Waals surface area (Å²) < 4.78 is 1.80. The fourth-order valence-electron chi connectivity index (χ4n) is 2.22. The third kappa shape index (κ3) is 1.47. The highest BCUT2D eigenvalue weighted by Gasteiger charge is 2.11. The second-order valence-electron chi connectivity index (χ2n) is 4.18. The maximum Gasteiger partial charge on any atom is 0.102 e. The molecule has 3 aromatic rings. The van der Waals surface area contributed by atoms with Crippen LogP contribution in [0.2, 0.25) is 0 Å². The molecule has 0 unspecified atom stereocenters. The van der Waals surface area contributed by atoms with Gasteiger partial charge in [-0.25, -0.2) is 4.52 Å². The Bertz CT molecular complexity index is 748. The lowest BCUT2D eigenvalue weighted by molar-refractivity contribution is 0.913. The van der Waals surface area contributed by atoms with E-state index in [4.69, 9.17) is 0 Å². The molecule has 3 nitrogen and oxygen atoms in total. The Balaban J connectivity index is 2.40. The SMILES string of the molecule is Cc1cc(-c2ccccc2)c(C#N)c2ccnn12. The number of hydrogen-bond donors (Lipinski definition) is 0. The molecule has 0 saturated heterocycles. The first-order valence-corrected chi connectivity index (χ1v) is 5.74. The van der Waals surface area contributed by atoms with Crippen molar-refractivity contribution in [2.45, 2.75) is 6.92 Å². The molecule has 0 radical (unpaired) electrons. The molecule has 86 valence electrons. The minimum atomic E-state index is 0.671. The van der Waals surface area contributed by atoms with Crippen LogP contribution in [0.4, 0.5) is 0 Å². The van der Waals surface area contributed by atoms with Crippen LogP contribution in [-0.4, -0.2) is 9.61 Å². The molecular formula is C15H11N3. The number of rotatable bonds is 1. The van der Waals surface area contributed by atoms with Crippen molar-refractivity contribution in [2.24, 2.45) is 0 Å². The van der Waals surface area contributed by atoms with E-state index >= 15 is 0 Å². The fourth-order valence-corrected chi connectivity index (χ4v) is 2.22. The zero-order chi connectivity index (χ0) is 12.5. The van der Waals surface area contributed by atoms with E-state index in [9.17, 15) is 5.26 Å². The van der Waals surface area contributed by atoms with Crippen LogP contribution in [0.25, 0.3) is 16.6 Å². The Morgan fingerprint density at radius 1 is 1.17 bits per heavy atom. The van der Waals surface area contributed by atoms with E-state index in [1.807, 2.05) is 49.4 Å². The molecule has 0 amide bonds. The van der Waals surface area contributed by atoms with Gasteiger partial charge in [-0.05, 0) is 24.6 Å². The van der Waals surface area contributed by atoms with Crippen LogP contribution in [0.5, 0.6) is 0 Å². The van der Waals surface area contributed by atoms with E-state index in [1.165, 1.54) is 0 Å². The second kappa shape index (κ2) is 4.01. The van der Waals surface area contributed by atoms with Crippen molar-refractivity contribution >= 4 is 5.52 Å². The van der Waals surface area contributed by atoms with Crippen molar-refractivity contribution in [3.05, 3.63) is 59.9 Å². The number of aromatic nitrogens is 2. The molecular weight excluding hydrogens is 222 g/mol. The summed E-state index contributed by atoms with van der Waals surface area (Å²) in [6.07, 6.45) is 1.72. The molecule has 2 heterocycles. The van der Waals surface area contributed by atoms with Gasteiger partial charge < -0.3 is 0 Å². The van der Waals surface area contributed by atoms with E-state index < -0.39 is 0 Å². The van der Waals surface area contributed by atoms with E-state index in [-0.39, 0.29) is 0 Å². The molecule has 0 bridgehead atoms. The van der Waals surface area contributed by atoms with Gasteiger partial charge in [0.1, 0.15) is 6.07 Å². The average molecular weight is 233 g/mol. The van der Waals surface area contributed by atoms with Gasteiger partial charge in [-0.1, -0.05) is 30.3 Å². The summed E-state index contributed by atoms with van der Waals surface area (Å²) in [5.41, 5.74) is 4.57. The minimum Gasteiger partial charge on any atom is -0.237 e. The Morgan fingerprint density at radius 2 is 1.94 bits per heavy atom. The number of benzene rings is 1. The first kappa shape index (κ1) is 10.5. The van der Waals surface area contributed by atoms with Gasteiger partial charge in [-0.3, -0.25) is 0 Å². The van der Waals surface area contributed by atoms with Crippen LogP contribution in [-0.2, 0) is 0 Å². The minimum absolute atomic E-state index is 0.671. The van der Waals surface area contributed by atoms with Crippen LogP contribution in [0.3, 0.4) is 0 Å². The number of aryl methyl sites for hydroxylation is 1. The predicted molar refractivity (Wildman–Crippen MR) is 70.1 cm³/mol. The van der Waals surface area contributed by atoms with Crippen LogP contribution >= 0.6 is 0 Å². The van der Waals surface area contributed by atoms with Gasteiger partial charge in [0.25, 0.3) is 0 Å². The normalized spacial score (nSPS) is 10.4. The maximum atomic E-state index is 9.40. The number of fused-ring (bicyclic) bond motifs is 1. The molecule has 0 spiro atoms. The van der Waals surface area contributed by atoms with Crippen LogP contribution < -0.4 is 0 Å². The second-order valence-corrected chi connectivity index (χ2v) is 4.18. The van der Waals surface area contributed by atoms with Crippen molar-refractivity contribution < 1.29 is 0 Å². The van der Waals surface area contributed by atoms with Gasteiger partial charge in [-0.15, -0.1) is 0 Å². The molecule has 1 aromatic carbocycles. The number of nitriles is 1. The summed E-state index contributed by atoms with van der Waals surface area (Å²) in [5, 5.41) is 13.6. The van der Waals surface area contributed by atoms with E-state index in [1.54, 1.807) is 10.7 Å². The van der Waals surface area contributed by atoms with E-state index in [0.29, 0.717) is 5.56 Å². The monoisotopic (exact) mass is 233 g/mol. The van der Waals surface area contributed by atoms with Crippen molar-refractivity contribution in [1.29, 1.82) is 5.26 Å². The molecule has 0 N–H and O–H groups in total. The van der Waals surface area contributed by atoms with Crippen LogP contribution in [0, 0.1) is 18.3 Å². The molecule has 3 heteroatoms. The lowest BCUT2D eigenvalue weighted by Gasteiger charge is -2.08. The van der Waals surface area contributed by atoms with Crippen molar-refractivity contribution in [2.75, 3.05) is 0 Å². The Labute approximate surface area is 105 Å². The molecule has 3 rings (SSSR count). The molecule has 0 aliphatic heterocycles. The third-order valence-corrected chi connectivity index (χ3v) is 3.05. The molecule has 2 aromatic heterocycles. The Morgan fingerprint density at radius 3 is 2.67 bits per heavy atom. The third-order valence-electron chi connectivity index (χ3n) is 3.05. The zero-order valence-corrected chi connectivity index (χ0v) is 9.96. The smallest absolute Gasteiger partial charge is 0.102 e. The van der Waals surface area contributed by atoms with Crippen molar-refractivity contribution in [3.8, 4) is 17.2 Å². The summed E-state index contributed by atoms with van der Waals surface area (Å²) >= 11 is 0. The summed E-state index contributed by atoms with van der Waals surface area (Å²) in [7, 11) is 0. The fraction of sp³-hybridized carbons (Fsp3) is 0.0667. The first-order chi connectivity index (χ1) is 8.81. The predicted octanol–water partition coefficient (Wildman–Crippen LogP) is 3.18. The molecule has 0 fully saturated rings. The first-order valence-electron chi connectivity index (χ1n) is 5.74. The summed E-state index contributed by atoms with van der Waals surface area (Å²) in [6.45, 7) is 1.99. The van der Waals surface area contributed by atoms with Gasteiger partial charge in [0, 0.05) is 11.3 Å². The number of pyridine rings is 1. The maximum absolute atomic E-state index is 9.40. The topological polar surface area (TPSA) is 41.1 Å². The van der Waals surface area contributed by atoms with Gasteiger partial charge in [0.2, 0.25) is 0 Å². The lowest BCUT2D eigenvalue weighted by Crippen LogP contribution is -1.97. The highest BCUT2D eigenvalue weighted by atomic mass is 15.2. The molecule has 0 aliphatic carbocycles. The van der Waals surface area contributed by atoms with Gasteiger partial charge in [0.05, 0.1) is 17.3 Å².